The van der Waals surface area contributed by atoms with Crippen molar-refractivity contribution < 1.29 is 8.42 Å². The molecule has 1 aromatic heterocycles. The molecule has 2 rings (SSSR count). The minimum Gasteiger partial charge on any atom is -0.310 e. The number of hydrogen-bond acceptors (Lipinski definition) is 4. The first-order valence-electron chi connectivity index (χ1n) is 7.22. The highest BCUT2D eigenvalue weighted by Crippen LogP contribution is 2.28. The molecular weight excluding hydrogens is 292 g/mol. The lowest BCUT2D eigenvalue weighted by molar-refractivity contribution is 0.281. The number of nitrogens with zero attached hydrogens (tertiary/aromatic N) is 1. The Balaban J connectivity index is 2.09. The molecule has 114 valence electrons. The largest absolute Gasteiger partial charge is 0.310 e. The first-order valence-corrected chi connectivity index (χ1v) is 9.47. The van der Waals surface area contributed by atoms with Crippen molar-refractivity contribution in [1.29, 1.82) is 0 Å². The first kappa shape index (κ1) is 15.9. The van der Waals surface area contributed by atoms with E-state index in [2.05, 4.69) is 26.1 Å². The topological polar surface area (TPSA) is 49.4 Å². The van der Waals surface area contributed by atoms with Crippen molar-refractivity contribution in [3.8, 4) is 0 Å². The van der Waals surface area contributed by atoms with E-state index >= 15 is 0 Å². The Kier molecular flexibility index (Phi) is 5.23. The molecule has 1 aliphatic heterocycles. The molecule has 1 unspecified atom stereocenters. The van der Waals surface area contributed by atoms with Crippen LogP contribution in [0.5, 0.6) is 0 Å². The number of thiophene rings is 1. The van der Waals surface area contributed by atoms with E-state index < -0.39 is 10.0 Å². The van der Waals surface area contributed by atoms with Gasteiger partial charge in [-0.3, -0.25) is 0 Å². The smallest absolute Gasteiger partial charge is 0.252 e. The lowest BCUT2D eigenvalue weighted by Crippen LogP contribution is -2.38. The van der Waals surface area contributed by atoms with Crippen LogP contribution in [-0.2, 0) is 16.6 Å². The van der Waals surface area contributed by atoms with Crippen molar-refractivity contribution in [1.82, 2.24) is 9.62 Å². The fraction of sp³-hybridized carbons (Fsp3) is 0.714. The number of hydrogen-bond donors (Lipinski definition) is 1. The van der Waals surface area contributed by atoms with E-state index in [0.717, 1.165) is 24.3 Å². The average Bonchev–Trinajstić information content (AvgIpc) is 2.86. The summed E-state index contributed by atoms with van der Waals surface area (Å²) in [4.78, 5) is 1.07. The zero-order valence-corrected chi connectivity index (χ0v) is 14.1. The first-order chi connectivity index (χ1) is 9.39. The highest BCUT2D eigenvalue weighted by Gasteiger charge is 2.29. The van der Waals surface area contributed by atoms with E-state index in [4.69, 9.17) is 0 Å². The molecule has 2 heterocycles. The number of nitrogens with one attached hydrogen (secondary N) is 1. The Morgan fingerprint density at radius 1 is 1.45 bits per heavy atom. The molecule has 4 nitrogen and oxygen atoms in total. The molecule has 1 aromatic rings. The summed E-state index contributed by atoms with van der Waals surface area (Å²) in [5, 5.41) is 3.32. The maximum atomic E-state index is 12.6. The fourth-order valence-electron chi connectivity index (χ4n) is 2.39. The third-order valence-electron chi connectivity index (χ3n) is 3.54. The molecule has 6 heteroatoms. The highest BCUT2D eigenvalue weighted by atomic mass is 32.2. The van der Waals surface area contributed by atoms with Gasteiger partial charge in [-0.15, -0.1) is 11.3 Å². The Morgan fingerprint density at radius 2 is 2.20 bits per heavy atom. The SMILES string of the molecule is CC1CCCN(S(=O)(=O)c2ccc(CNC(C)C)s2)C1. The number of sulfonamides is 1. The number of piperidine rings is 1. The molecule has 0 aliphatic carbocycles. The lowest BCUT2D eigenvalue weighted by Gasteiger charge is -2.29. The summed E-state index contributed by atoms with van der Waals surface area (Å²) >= 11 is 1.38. The van der Waals surface area contributed by atoms with Crippen molar-refractivity contribution in [2.24, 2.45) is 5.92 Å². The van der Waals surface area contributed by atoms with E-state index in [9.17, 15) is 8.42 Å². The second-order valence-electron chi connectivity index (χ2n) is 5.87. The summed E-state index contributed by atoms with van der Waals surface area (Å²) in [5.41, 5.74) is 0. The van der Waals surface area contributed by atoms with Crippen LogP contribution < -0.4 is 5.32 Å². The molecule has 1 aliphatic rings. The van der Waals surface area contributed by atoms with Gasteiger partial charge >= 0.3 is 0 Å². The molecule has 0 amide bonds. The molecule has 0 radical (unpaired) electrons. The van der Waals surface area contributed by atoms with Gasteiger partial charge in [0, 0.05) is 30.6 Å². The molecule has 0 aromatic carbocycles. The van der Waals surface area contributed by atoms with Gasteiger partial charge in [0.2, 0.25) is 0 Å². The lowest BCUT2D eigenvalue weighted by atomic mass is 10.0. The summed E-state index contributed by atoms with van der Waals surface area (Å²) in [6.07, 6.45) is 2.09. The molecule has 0 spiro atoms. The van der Waals surface area contributed by atoms with Gasteiger partial charge in [-0.05, 0) is 30.9 Å². The summed E-state index contributed by atoms with van der Waals surface area (Å²) in [6, 6.07) is 4.07. The van der Waals surface area contributed by atoms with Crippen LogP contribution in [-0.4, -0.2) is 31.9 Å². The molecule has 1 fully saturated rings. The minimum absolute atomic E-state index is 0.403. The van der Waals surface area contributed by atoms with Crippen LogP contribution in [0.3, 0.4) is 0 Å². The predicted molar refractivity (Wildman–Crippen MR) is 83.5 cm³/mol. The predicted octanol–water partition coefficient (Wildman–Crippen LogP) is 2.67. The molecular formula is C14H24N2O2S2. The zero-order valence-electron chi connectivity index (χ0n) is 12.4. The van der Waals surface area contributed by atoms with Gasteiger partial charge in [-0.1, -0.05) is 20.8 Å². The van der Waals surface area contributed by atoms with Gasteiger partial charge in [-0.25, -0.2) is 8.42 Å². The van der Waals surface area contributed by atoms with Crippen molar-refractivity contribution in [2.45, 2.75) is 50.4 Å². The molecule has 0 bridgehead atoms. The van der Waals surface area contributed by atoms with Crippen LogP contribution in [0, 0.1) is 5.92 Å². The summed E-state index contributed by atoms with van der Waals surface area (Å²) in [5.74, 6) is 0.459. The van der Waals surface area contributed by atoms with E-state index in [1.54, 1.807) is 10.4 Å². The highest BCUT2D eigenvalue weighted by molar-refractivity contribution is 7.91. The van der Waals surface area contributed by atoms with Crippen LogP contribution in [0.2, 0.25) is 0 Å². The van der Waals surface area contributed by atoms with Crippen LogP contribution >= 0.6 is 11.3 Å². The Hall–Kier alpha value is -0.430. The maximum absolute atomic E-state index is 12.6. The Morgan fingerprint density at radius 3 is 2.85 bits per heavy atom. The molecule has 20 heavy (non-hydrogen) atoms. The molecule has 1 atom stereocenters. The zero-order chi connectivity index (χ0) is 14.8. The van der Waals surface area contributed by atoms with Crippen molar-refractivity contribution in [3.05, 3.63) is 17.0 Å². The quantitative estimate of drug-likeness (QED) is 0.908. The second-order valence-corrected chi connectivity index (χ2v) is 9.20. The van der Waals surface area contributed by atoms with Crippen LogP contribution in [0.15, 0.2) is 16.3 Å². The van der Waals surface area contributed by atoms with Gasteiger partial charge in [0.15, 0.2) is 0 Å². The maximum Gasteiger partial charge on any atom is 0.252 e. The van der Waals surface area contributed by atoms with Gasteiger partial charge in [-0.2, -0.15) is 4.31 Å². The molecule has 1 saturated heterocycles. The van der Waals surface area contributed by atoms with E-state index in [1.807, 2.05) is 6.07 Å². The van der Waals surface area contributed by atoms with Crippen molar-refractivity contribution in [3.63, 3.8) is 0 Å². The standard InChI is InChI=1S/C14H24N2O2S2/c1-11(2)15-9-13-6-7-14(19-13)20(17,18)16-8-4-5-12(3)10-16/h6-7,11-12,15H,4-5,8-10H2,1-3H3. The molecule has 1 N–H and O–H groups in total. The Labute approximate surface area is 126 Å². The normalized spacial score (nSPS) is 21.5. The molecule has 0 saturated carbocycles. The Bertz CT molecular complexity index is 537. The minimum atomic E-state index is -3.29. The van der Waals surface area contributed by atoms with Crippen LogP contribution in [0.25, 0.3) is 0 Å². The van der Waals surface area contributed by atoms with Crippen LogP contribution in [0.4, 0.5) is 0 Å². The second kappa shape index (κ2) is 6.56. The van der Waals surface area contributed by atoms with Gasteiger partial charge in [0.1, 0.15) is 4.21 Å². The van der Waals surface area contributed by atoms with Crippen molar-refractivity contribution >= 4 is 21.4 Å². The van der Waals surface area contributed by atoms with Crippen LogP contribution in [0.1, 0.15) is 38.5 Å². The fourth-order valence-corrected chi connectivity index (χ4v) is 5.45. The van der Waals surface area contributed by atoms with Gasteiger partial charge in [0.05, 0.1) is 0 Å². The van der Waals surface area contributed by atoms with Gasteiger partial charge < -0.3 is 5.32 Å². The third-order valence-corrected chi connectivity index (χ3v) is 6.95. The van der Waals surface area contributed by atoms with Gasteiger partial charge in [0.25, 0.3) is 10.0 Å². The summed E-state index contributed by atoms with van der Waals surface area (Å²) < 4.78 is 27.3. The number of rotatable bonds is 5. The van der Waals surface area contributed by atoms with E-state index in [0.29, 0.717) is 29.3 Å². The summed E-state index contributed by atoms with van der Waals surface area (Å²) in [6.45, 7) is 8.33. The monoisotopic (exact) mass is 316 g/mol. The van der Waals surface area contributed by atoms with Crippen molar-refractivity contribution in [2.75, 3.05) is 13.1 Å². The van der Waals surface area contributed by atoms with E-state index in [1.165, 1.54) is 11.3 Å². The third kappa shape index (κ3) is 3.81. The van der Waals surface area contributed by atoms with E-state index in [-0.39, 0.29) is 0 Å². The summed E-state index contributed by atoms with van der Waals surface area (Å²) in [7, 11) is -3.29. The average molecular weight is 316 g/mol.